The molecule has 0 saturated carbocycles. The van der Waals surface area contributed by atoms with Crippen molar-refractivity contribution in [3.05, 3.63) is 0 Å². The van der Waals surface area contributed by atoms with Gasteiger partial charge >= 0.3 is 0 Å². The Labute approximate surface area is 49.6 Å². The first-order valence-corrected chi connectivity index (χ1v) is 3.03. The van der Waals surface area contributed by atoms with E-state index in [0.29, 0.717) is 0 Å². The molecule has 0 radical (unpaired) electrons. The summed E-state index contributed by atoms with van der Waals surface area (Å²) in [5, 5.41) is 0. The molecule has 0 aromatic rings. The fourth-order valence-electron chi connectivity index (χ4n) is 0.716. The molecule has 0 aliphatic carbocycles. The van der Waals surface area contributed by atoms with E-state index in [9.17, 15) is 0 Å². The second kappa shape index (κ2) is 2.70. The van der Waals surface area contributed by atoms with Crippen LogP contribution in [0.1, 0.15) is 19.8 Å². The topological polar surface area (TPSA) is 21.6 Å². The molecule has 2 heteroatoms. The first kappa shape index (κ1) is 5.60. The minimum atomic E-state index is 0.850. The molecule has 0 aromatic carbocycles. The van der Waals surface area contributed by atoms with Crippen LogP contribution in [-0.2, 0) is 4.74 Å². The first-order chi connectivity index (χ1) is 3.89. The molecule has 1 rings (SSSR count). The molecule has 0 amide bonds. The van der Waals surface area contributed by atoms with Crippen molar-refractivity contribution in [3.8, 4) is 0 Å². The average Bonchev–Trinajstić information content (AvgIpc) is 1.94. The van der Waals surface area contributed by atoms with Gasteiger partial charge in [0.2, 0.25) is 0 Å². The lowest BCUT2D eigenvalue weighted by molar-refractivity contribution is 0.302. The Kier molecular flexibility index (Phi) is 1.89. The van der Waals surface area contributed by atoms with Crippen molar-refractivity contribution in [2.45, 2.75) is 19.8 Å². The third kappa shape index (κ3) is 1.52. The van der Waals surface area contributed by atoms with E-state index in [1.165, 1.54) is 6.42 Å². The maximum atomic E-state index is 5.15. The van der Waals surface area contributed by atoms with Crippen LogP contribution < -0.4 is 0 Å². The molecule has 2 nitrogen and oxygen atoms in total. The minimum Gasteiger partial charge on any atom is -0.481 e. The number of rotatable bonds is 0. The average molecular weight is 113 g/mol. The molecule has 0 unspecified atom stereocenters. The highest BCUT2D eigenvalue weighted by Crippen LogP contribution is 1.97. The molecule has 46 valence electrons. The summed E-state index contributed by atoms with van der Waals surface area (Å²) in [5.41, 5.74) is 0. The number of hydrogen-bond donors (Lipinski definition) is 0. The van der Waals surface area contributed by atoms with Crippen LogP contribution in [0.2, 0.25) is 0 Å². The van der Waals surface area contributed by atoms with Gasteiger partial charge in [0.05, 0.1) is 6.61 Å². The van der Waals surface area contributed by atoms with Crippen molar-refractivity contribution in [1.82, 2.24) is 0 Å². The van der Waals surface area contributed by atoms with Crippen LogP contribution in [0.15, 0.2) is 4.99 Å². The second-order valence-corrected chi connectivity index (χ2v) is 1.96. The van der Waals surface area contributed by atoms with E-state index in [-0.39, 0.29) is 0 Å². The van der Waals surface area contributed by atoms with Crippen molar-refractivity contribution in [2.75, 3.05) is 13.2 Å². The molecule has 1 aliphatic rings. The molecular formula is C6H11NO. The summed E-state index contributed by atoms with van der Waals surface area (Å²) in [5.74, 6) is 0.850. The summed E-state index contributed by atoms with van der Waals surface area (Å²) in [4.78, 5) is 4.12. The van der Waals surface area contributed by atoms with Crippen LogP contribution in [0.3, 0.4) is 0 Å². The molecule has 1 heterocycles. The van der Waals surface area contributed by atoms with E-state index < -0.39 is 0 Å². The zero-order valence-corrected chi connectivity index (χ0v) is 5.18. The quantitative estimate of drug-likeness (QED) is 0.462. The van der Waals surface area contributed by atoms with Gasteiger partial charge in [-0.05, 0) is 12.8 Å². The van der Waals surface area contributed by atoms with E-state index in [1.54, 1.807) is 0 Å². The largest absolute Gasteiger partial charge is 0.481 e. The lowest BCUT2D eigenvalue weighted by Gasteiger charge is -1.96. The third-order valence-electron chi connectivity index (χ3n) is 1.20. The smallest absolute Gasteiger partial charge is 0.179 e. The SMILES string of the molecule is CC1=NCCCCO1. The highest BCUT2D eigenvalue weighted by Gasteiger charge is 1.96. The third-order valence-corrected chi connectivity index (χ3v) is 1.20. The molecule has 0 fully saturated rings. The van der Waals surface area contributed by atoms with Gasteiger partial charge in [-0.2, -0.15) is 0 Å². The van der Waals surface area contributed by atoms with Crippen molar-refractivity contribution in [1.29, 1.82) is 0 Å². The van der Waals surface area contributed by atoms with E-state index in [0.717, 1.165) is 25.5 Å². The summed E-state index contributed by atoms with van der Waals surface area (Å²) < 4.78 is 5.15. The fraction of sp³-hybridized carbons (Fsp3) is 0.833. The van der Waals surface area contributed by atoms with Gasteiger partial charge in [-0.3, -0.25) is 4.99 Å². The maximum Gasteiger partial charge on any atom is 0.179 e. The number of nitrogens with zero attached hydrogens (tertiary/aromatic N) is 1. The summed E-state index contributed by atoms with van der Waals surface area (Å²) in [6, 6.07) is 0. The van der Waals surface area contributed by atoms with Crippen molar-refractivity contribution in [2.24, 2.45) is 4.99 Å². The van der Waals surface area contributed by atoms with Crippen LogP contribution >= 0.6 is 0 Å². The predicted molar refractivity (Wildman–Crippen MR) is 33.2 cm³/mol. The monoisotopic (exact) mass is 113 g/mol. The molecule has 0 atom stereocenters. The van der Waals surface area contributed by atoms with Crippen LogP contribution in [-0.4, -0.2) is 19.0 Å². The summed E-state index contributed by atoms with van der Waals surface area (Å²) in [6.07, 6.45) is 2.33. The van der Waals surface area contributed by atoms with Crippen molar-refractivity contribution in [3.63, 3.8) is 0 Å². The van der Waals surface area contributed by atoms with Gasteiger partial charge < -0.3 is 4.74 Å². The number of ether oxygens (including phenoxy) is 1. The zero-order valence-electron chi connectivity index (χ0n) is 5.18. The minimum absolute atomic E-state index is 0.850. The Hall–Kier alpha value is -0.530. The molecule has 0 N–H and O–H groups in total. The van der Waals surface area contributed by atoms with E-state index in [4.69, 9.17) is 4.74 Å². The number of aliphatic imine (C=N–C) groups is 1. The van der Waals surface area contributed by atoms with Gasteiger partial charge in [-0.25, -0.2) is 0 Å². The molecule has 0 aromatic heterocycles. The number of hydrogen-bond acceptors (Lipinski definition) is 2. The lowest BCUT2D eigenvalue weighted by Crippen LogP contribution is -1.97. The molecule has 0 spiro atoms. The molecule has 1 aliphatic heterocycles. The van der Waals surface area contributed by atoms with E-state index in [1.807, 2.05) is 6.92 Å². The van der Waals surface area contributed by atoms with Gasteiger partial charge in [-0.15, -0.1) is 0 Å². The fourth-order valence-corrected chi connectivity index (χ4v) is 0.716. The maximum absolute atomic E-state index is 5.15. The standard InChI is InChI=1S/C6H11NO/c1-6-7-4-2-3-5-8-6/h2-5H2,1H3. The second-order valence-electron chi connectivity index (χ2n) is 1.96. The molecule has 0 saturated heterocycles. The highest BCUT2D eigenvalue weighted by atomic mass is 16.5. The Morgan fingerprint density at radius 2 is 2.38 bits per heavy atom. The lowest BCUT2D eigenvalue weighted by atomic mass is 10.3. The van der Waals surface area contributed by atoms with Crippen molar-refractivity contribution < 1.29 is 4.74 Å². The Morgan fingerprint density at radius 3 is 3.25 bits per heavy atom. The van der Waals surface area contributed by atoms with E-state index >= 15 is 0 Å². The Bertz CT molecular complexity index is 98.7. The van der Waals surface area contributed by atoms with Crippen LogP contribution in [0.4, 0.5) is 0 Å². The molecule has 8 heavy (non-hydrogen) atoms. The van der Waals surface area contributed by atoms with Gasteiger partial charge in [0.25, 0.3) is 0 Å². The molecule has 0 bridgehead atoms. The molecular weight excluding hydrogens is 102 g/mol. The normalized spacial score (nSPS) is 20.9. The van der Waals surface area contributed by atoms with Gasteiger partial charge in [-0.1, -0.05) is 0 Å². The first-order valence-electron chi connectivity index (χ1n) is 3.03. The highest BCUT2D eigenvalue weighted by molar-refractivity contribution is 5.73. The van der Waals surface area contributed by atoms with Gasteiger partial charge in [0.15, 0.2) is 5.90 Å². The Balaban J connectivity index is 2.36. The van der Waals surface area contributed by atoms with Crippen LogP contribution in [0, 0.1) is 0 Å². The van der Waals surface area contributed by atoms with Crippen LogP contribution in [0.5, 0.6) is 0 Å². The van der Waals surface area contributed by atoms with Crippen molar-refractivity contribution >= 4 is 5.90 Å². The summed E-state index contributed by atoms with van der Waals surface area (Å²) in [6.45, 7) is 3.71. The Morgan fingerprint density at radius 1 is 1.50 bits per heavy atom. The summed E-state index contributed by atoms with van der Waals surface area (Å²) >= 11 is 0. The zero-order chi connectivity index (χ0) is 5.82. The van der Waals surface area contributed by atoms with E-state index in [2.05, 4.69) is 4.99 Å². The van der Waals surface area contributed by atoms with Gasteiger partial charge in [0, 0.05) is 13.5 Å². The predicted octanol–water partition coefficient (Wildman–Crippen LogP) is 1.22. The summed E-state index contributed by atoms with van der Waals surface area (Å²) in [7, 11) is 0. The van der Waals surface area contributed by atoms with Gasteiger partial charge in [0.1, 0.15) is 0 Å². The van der Waals surface area contributed by atoms with Crippen LogP contribution in [0.25, 0.3) is 0 Å².